The molecule has 23 heavy (non-hydrogen) atoms. The Kier molecular flexibility index (Phi) is 4.22. The van der Waals surface area contributed by atoms with Crippen LogP contribution < -0.4 is 10.3 Å². The number of aryl methyl sites for hydroxylation is 1. The van der Waals surface area contributed by atoms with Crippen LogP contribution in [0.2, 0.25) is 0 Å². The molecule has 1 aromatic carbocycles. The van der Waals surface area contributed by atoms with E-state index < -0.39 is 0 Å². The van der Waals surface area contributed by atoms with E-state index in [4.69, 9.17) is 9.15 Å². The molecule has 0 atom stereocenters. The molecule has 0 saturated carbocycles. The highest BCUT2D eigenvalue weighted by molar-refractivity contribution is 6.05. The fourth-order valence-corrected chi connectivity index (χ4v) is 3.12. The van der Waals surface area contributed by atoms with Crippen molar-refractivity contribution in [1.29, 1.82) is 0 Å². The third kappa shape index (κ3) is 3.01. The average Bonchev–Trinajstić information content (AvgIpc) is 2.54. The molecule has 0 bridgehead atoms. The van der Waals surface area contributed by atoms with Gasteiger partial charge in [0.1, 0.15) is 0 Å². The van der Waals surface area contributed by atoms with Gasteiger partial charge in [0.25, 0.3) is 0 Å². The highest BCUT2D eigenvalue weighted by Crippen LogP contribution is 2.26. The Morgan fingerprint density at radius 3 is 2.57 bits per heavy atom. The van der Waals surface area contributed by atoms with Gasteiger partial charge in [-0.05, 0) is 44.4 Å². The molecule has 2 heterocycles. The maximum Gasteiger partial charge on any atom is 0.200 e. The summed E-state index contributed by atoms with van der Waals surface area (Å²) < 4.78 is 11.3. The molecule has 122 valence electrons. The first kappa shape index (κ1) is 15.7. The molecule has 2 aromatic rings. The van der Waals surface area contributed by atoms with Crippen molar-refractivity contribution < 1.29 is 13.9 Å². The minimum Gasteiger partial charge on any atom is -0.440 e. The second-order valence-corrected chi connectivity index (χ2v) is 6.12. The van der Waals surface area contributed by atoms with Crippen LogP contribution in [0.4, 0.5) is 5.88 Å². The van der Waals surface area contributed by atoms with Gasteiger partial charge in [-0.1, -0.05) is 0 Å². The molecule has 1 fully saturated rings. The maximum atomic E-state index is 12.5. The molecular formula is C18H21NO4. The van der Waals surface area contributed by atoms with Gasteiger partial charge in [-0.2, -0.15) is 0 Å². The number of ether oxygens (including phenoxy) is 1. The molecule has 1 aliphatic rings. The number of carbonyl (C=O) groups is 1. The molecule has 1 aromatic heterocycles. The summed E-state index contributed by atoms with van der Waals surface area (Å²) in [5, 5.41) is 0.464. The zero-order valence-electron chi connectivity index (χ0n) is 13.7. The van der Waals surface area contributed by atoms with Gasteiger partial charge in [0.15, 0.2) is 22.7 Å². The van der Waals surface area contributed by atoms with Crippen molar-refractivity contribution in [1.82, 2.24) is 0 Å². The molecular weight excluding hydrogens is 294 g/mol. The van der Waals surface area contributed by atoms with Crippen molar-refractivity contribution in [2.75, 3.05) is 25.1 Å². The first-order chi connectivity index (χ1) is 11.0. The number of nitrogens with zero attached hydrogens (tertiary/aromatic N) is 1. The largest absolute Gasteiger partial charge is 0.440 e. The average molecular weight is 315 g/mol. The number of Topliss-reactive ketones (excluding diaryl/α,β-unsaturated/α-hetero) is 1. The number of benzene rings is 1. The topological polar surface area (TPSA) is 59.8 Å². The quantitative estimate of drug-likeness (QED) is 0.815. The van der Waals surface area contributed by atoms with Crippen LogP contribution in [0.15, 0.2) is 27.4 Å². The smallest absolute Gasteiger partial charge is 0.200 e. The highest BCUT2D eigenvalue weighted by atomic mass is 16.5. The van der Waals surface area contributed by atoms with Gasteiger partial charge in [0.2, 0.25) is 0 Å². The lowest BCUT2D eigenvalue weighted by atomic mass is 10.0. The van der Waals surface area contributed by atoms with Crippen LogP contribution in [0, 0.1) is 6.92 Å². The van der Waals surface area contributed by atoms with Crippen molar-refractivity contribution in [3.05, 3.63) is 39.5 Å². The number of carbonyl (C=O) groups excluding carboxylic acids is 1. The maximum absolute atomic E-state index is 12.5. The predicted octanol–water partition coefficient (Wildman–Crippen LogP) is 2.92. The van der Waals surface area contributed by atoms with E-state index in [0.717, 1.165) is 31.5 Å². The van der Waals surface area contributed by atoms with Crippen LogP contribution in [-0.4, -0.2) is 32.1 Å². The molecule has 0 aliphatic carbocycles. The van der Waals surface area contributed by atoms with Crippen LogP contribution in [0.5, 0.6) is 0 Å². The zero-order chi connectivity index (χ0) is 16.6. The molecule has 5 nitrogen and oxygen atoms in total. The van der Waals surface area contributed by atoms with E-state index in [9.17, 15) is 9.59 Å². The lowest BCUT2D eigenvalue weighted by Crippen LogP contribution is -2.37. The first-order valence-electron chi connectivity index (χ1n) is 7.87. The van der Waals surface area contributed by atoms with Gasteiger partial charge in [0.05, 0.1) is 17.1 Å². The molecule has 1 aliphatic heterocycles. The summed E-state index contributed by atoms with van der Waals surface area (Å²) in [6.45, 7) is 4.90. The number of methoxy groups -OCH3 is 1. The van der Waals surface area contributed by atoms with Crippen molar-refractivity contribution >= 4 is 22.6 Å². The van der Waals surface area contributed by atoms with Crippen molar-refractivity contribution in [3.63, 3.8) is 0 Å². The summed E-state index contributed by atoms with van der Waals surface area (Å²) >= 11 is 0. The second-order valence-electron chi connectivity index (χ2n) is 6.12. The minimum absolute atomic E-state index is 0.0999. The molecule has 1 saturated heterocycles. The van der Waals surface area contributed by atoms with E-state index >= 15 is 0 Å². The number of ketones is 1. The summed E-state index contributed by atoms with van der Waals surface area (Å²) in [5.74, 6) is 0.431. The van der Waals surface area contributed by atoms with Crippen molar-refractivity contribution in [2.45, 2.75) is 32.8 Å². The normalized spacial score (nSPS) is 16.0. The van der Waals surface area contributed by atoms with E-state index in [1.54, 1.807) is 19.2 Å². The van der Waals surface area contributed by atoms with E-state index in [1.165, 1.54) is 13.0 Å². The van der Waals surface area contributed by atoms with Gasteiger partial charge in [0, 0.05) is 26.3 Å². The van der Waals surface area contributed by atoms with E-state index in [2.05, 4.69) is 0 Å². The molecule has 0 unspecified atom stereocenters. The van der Waals surface area contributed by atoms with Crippen LogP contribution in [0.3, 0.4) is 0 Å². The summed E-state index contributed by atoms with van der Waals surface area (Å²) in [7, 11) is 1.72. The standard InChI is InChI=1S/C18H21NO4/c1-11-8-14(12(2)20)18-15(9-11)16(21)10-17(23-18)19-6-4-13(22-3)5-7-19/h8-10,13H,4-7H2,1-3H3. The Bertz CT molecular complexity index is 801. The van der Waals surface area contributed by atoms with E-state index in [0.29, 0.717) is 22.4 Å². The van der Waals surface area contributed by atoms with Gasteiger partial charge >= 0.3 is 0 Å². The van der Waals surface area contributed by atoms with Gasteiger partial charge < -0.3 is 14.1 Å². The molecule has 3 rings (SSSR count). The molecule has 0 spiro atoms. The first-order valence-corrected chi connectivity index (χ1v) is 7.87. The number of hydrogen-bond donors (Lipinski definition) is 0. The molecule has 0 radical (unpaired) electrons. The Morgan fingerprint density at radius 2 is 1.96 bits per heavy atom. The third-order valence-electron chi connectivity index (χ3n) is 4.43. The third-order valence-corrected chi connectivity index (χ3v) is 4.43. The zero-order valence-corrected chi connectivity index (χ0v) is 13.7. The Balaban J connectivity index is 2.07. The fourth-order valence-electron chi connectivity index (χ4n) is 3.12. The molecule has 0 amide bonds. The number of piperidine rings is 1. The summed E-state index contributed by atoms with van der Waals surface area (Å²) in [4.78, 5) is 26.4. The van der Waals surface area contributed by atoms with E-state index in [-0.39, 0.29) is 17.3 Å². The fraction of sp³-hybridized carbons (Fsp3) is 0.444. The lowest BCUT2D eigenvalue weighted by molar-refractivity contribution is 0.0812. The Labute approximate surface area is 134 Å². The van der Waals surface area contributed by atoms with Gasteiger partial charge in [-0.25, -0.2) is 0 Å². The monoisotopic (exact) mass is 315 g/mol. The molecule has 0 N–H and O–H groups in total. The Hall–Kier alpha value is -2.14. The van der Waals surface area contributed by atoms with Crippen molar-refractivity contribution in [3.8, 4) is 0 Å². The second kappa shape index (κ2) is 6.16. The van der Waals surface area contributed by atoms with Crippen LogP contribution >= 0.6 is 0 Å². The number of rotatable bonds is 3. The Morgan fingerprint density at radius 1 is 1.26 bits per heavy atom. The van der Waals surface area contributed by atoms with E-state index in [1.807, 2.05) is 11.8 Å². The number of anilines is 1. The van der Waals surface area contributed by atoms with Crippen LogP contribution in [0.25, 0.3) is 11.0 Å². The number of fused-ring (bicyclic) bond motifs is 1. The summed E-state index contributed by atoms with van der Waals surface area (Å²) in [5.41, 5.74) is 1.62. The van der Waals surface area contributed by atoms with Gasteiger partial charge in [-0.15, -0.1) is 0 Å². The van der Waals surface area contributed by atoms with Crippen LogP contribution in [-0.2, 0) is 4.74 Å². The van der Waals surface area contributed by atoms with Crippen LogP contribution in [0.1, 0.15) is 35.7 Å². The lowest BCUT2D eigenvalue weighted by Gasteiger charge is -2.31. The van der Waals surface area contributed by atoms with Crippen molar-refractivity contribution in [2.24, 2.45) is 0 Å². The number of hydrogen-bond acceptors (Lipinski definition) is 5. The summed E-state index contributed by atoms with van der Waals surface area (Å²) in [6.07, 6.45) is 2.05. The minimum atomic E-state index is -0.110. The summed E-state index contributed by atoms with van der Waals surface area (Å²) in [6, 6.07) is 5.07. The van der Waals surface area contributed by atoms with Gasteiger partial charge in [-0.3, -0.25) is 9.59 Å². The predicted molar refractivity (Wildman–Crippen MR) is 89.5 cm³/mol. The highest BCUT2D eigenvalue weighted by Gasteiger charge is 2.22. The molecule has 5 heteroatoms. The SMILES string of the molecule is COC1CCN(c2cc(=O)c3cc(C)cc(C(C)=O)c3o2)CC1.